The molecule has 2 nitrogen and oxygen atoms in total. The third-order valence-electron chi connectivity index (χ3n) is 2.14. The average Bonchev–Trinajstić information content (AvgIpc) is 2.49. The monoisotopic (exact) mass is 214 g/mol. The Kier molecular flexibility index (Phi) is 3.49. The Balaban J connectivity index is 0.000000980. The van der Waals surface area contributed by atoms with Crippen molar-refractivity contribution in [2.45, 2.75) is 6.42 Å². The maximum Gasteiger partial charge on any atom is 0.125 e. The molecule has 0 fully saturated rings. The molecule has 0 atom stereocenters. The zero-order chi connectivity index (χ0) is 9.26. The zero-order valence-electron chi connectivity index (χ0n) is 7.59. The molecule has 1 aromatic heterocycles. The predicted molar refractivity (Wildman–Crippen MR) is 58.3 cm³/mol. The molecule has 0 saturated heterocycles. The van der Waals surface area contributed by atoms with Crippen LogP contribution in [0.1, 0.15) is 5.56 Å². The molecule has 0 amide bonds. The maximum absolute atomic E-state index is 12.8. The molecule has 4 heteroatoms. The van der Waals surface area contributed by atoms with Crippen molar-refractivity contribution in [3.63, 3.8) is 0 Å². The molecular formula is C10H12ClFN2. The lowest BCUT2D eigenvalue weighted by Crippen LogP contribution is -2.01. The van der Waals surface area contributed by atoms with Crippen molar-refractivity contribution in [2.75, 3.05) is 6.54 Å². The molecule has 0 saturated carbocycles. The molecule has 0 unspecified atom stereocenters. The molecule has 0 aliphatic carbocycles. The molecule has 0 spiro atoms. The summed E-state index contributed by atoms with van der Waals surface area (Å²) >= 11 is 0. The fourth-order valence-corrected chi connectivity index (χ4v) is 1.52. The summed E-state index contributed by atoms with van der Waals surface area (Å²) in [4.78, 5) is 3.02. The number of benzene rings is 1. The molecule has 2 rings (SSSR count). The fourth-order valence-electron chi connectivity index (χ4n) is 1.52. The number of nitrogens with one attached hydrogen (secondary N) is 1. The number of rotatable bonds is 2. The Labute approximate surface area is 87.7 Å². The van der Waals surface area contributed by atoms with Crippen LogP contribution in [0.5, 0.6) is 0 Å². The summed E-state index contributed by atoms with van der Waals surface area (Å²) in [5.41, 5.74) is 7.44. The van der Waals surface area contributed by atoms with Crippen molar-refractivity contribution in [1.82, 2.24) is 4.98 Å². The number of H-pyrrole nitrogens is 1. The van der Waals surface area contributed by atoms with Crippen LogP contribution in [-0.4, -0.2) is 11.5 Å². The molecule has 3 N–H and O–H groups in total. The summed E-state index contributed by atoms with van der Waals surface area (Å²) in [6, 6.07) is 4.75. The summed E-state index contributed by atoms with van der Waals surface area (Å²) in [6.45, 7) is 0.615. The number of hydrogen-bond donors (Lipinski definition) is 2. The molecule has 14 heavy (non-hydrogen) atoms. The summed E-state index contributed by atoms with van der Waals surface area (Å²) in [7, 11) is 0. The maximum atomic E-state index is 12.8. The van der Waals surface area contributed by atoms with E-state index < -0.39 is 0 Å². The highest BCUT2D eigenvalue weighted by molar-refractivity contribution is 5.85. The number of fused-ring (bicyclic) bond motifs is 1. The number of aromatic amines is 1. The quantitative estimate of drug-likeness (QED) is 0.791. The lowest BCUT2D eigenvalue weighted by Gasteiger charge is -1.95. The molecule has 0 aliphatic rings. The van der Waals surface area contributed by atoms with Crippen LogP contribution in [0, 0.1) is 5.82 Å². The van der Waals surface area contributed by atoms with Crippen molar-refractivity contribution in [3.05, 3.63) is 35.8 Å². The number of halogens is 2. The Morgan fingerprint density at radius 3 is 2.86 bits per heavy atom. The molecule has 0 aliphatic heterocycles. The van der Waals surface area contributed by atoms with Crippen LogP contribution >= 0.6 is 12.4 Å². The highest BCUT2D eigenvalue weighted by Crippen LogP contribution is 2.19. The van der Waals surface area contributed by atoms with E-state index in [9.17, 15) is 4.39 Å². The largest absolute Gasteiger partial charge is 0.361 e. The average molecular weight is 215 g/mol. The van der Waals surface area contributed by atoms with Crippen LogP contribution in [-0.2, 0) is 6.42 Å². The van der Waals surface area contributed by atoms with Gasteiger partial charge in [-0.3, -0.25) is 0 Å². The van der Waals surface area contributed by atoms with Gasteiger partial charge in [-0.15, -0.1) is 12.4 Å². The highest BCUT2D eigenvalue weighted by atomic mass is 35.5. The lowest BCUT2D eigenvalue weighted by atomic mass is 10.1. The van der Waals surface area contributed by atoms with E-state index in [1.54, 1.807) is 6.07 Å². The molecule has 1 aromatic carbocycles. The molecule has 76 valence electrons. The lowest BCUT2D eigenvalue weighted by molar-refractivity contribution is 0.629. The minimum Gasteiger partial charge on any atom is -0.361 e. The van der Waals surface area contributed by atoms with Gasteiger partial charge in [-0.05, 0) is 36.7 Å². The van der Waals surface area contributed by atoms with E-state index >= 15 is 0 Å². The minimum atomic E-state index is -0.214. The second-order valence-corrected chi connectivity index (χ2v) is 3.04. The topological polar surface area (TPSA) is 41.8 Å². The normalized spacial score (nSPS) is 10.1. The van der Waals surface area contributed by atoms with Gasteiger partial charge in [0.25, 0.3) is 0 Å². The summed E-state index contributed by atoms with van der Waals surface area (Å²) in [5.74, 6) is -0.214. The van der Waals surface area contributed by atoms with E-state index in [4.69, 9.17) is 5.73 Å². The Morgan fingerprint density at radius 2 is 2.14 bits per heavy atom. The Morgan fingerprint density at radius 1 is 1.36 bits per heavy atom. The first kappa shape index (κ1) is 11.0. The Hall–Kier alpha value is -1.06. The minimum absolute atomic E-state index is 0. The van der Waals surface area contributed by atoms with Crippen molar-refractivity contribution < 1.29 is 4.39 Å². The van der Waals surface area contributed by atoms with Gasteiger partial charge in [0.05, 0.1) is 0 Å². The van der Waals surface area contributed by atoms with Gasteiger partial charge < -0.3 is 10.7 Å². The third-order valence-corrected chi connectivity index (χ3v) is 2.14. The molecular weight excluding hydrogens is 203 g/mol. The van der Waals surface area contributed by atoms with E-state index in [-0.39, 0.29) is 18.2 Å². The SMILES string of the molecule is Cl.NCCc1c[nH]c2cc(F)ccc12. The van der Waals surface area contributed by atoms with Crippen LogP contribution in [0.2, 0.25) is 0 Å². The first-order valence-corrected chi connectivity index (χ1v) is 4.27. The van der Waals surface area contributed by atoms with Gasteiger partial charge in [-0.2, -0.15) is 0 Å². The van der Waals surface area contributed by atoms with Crippen molar-refractivity contribution in [3.8, 4) is 0 Å². The van der Waals surface area contributed by atoms with Gasteiger partial charge in [0.1, 0.15) is 5.82 Å². The van der Waals surface area contributed by atoms with Crippen LogP contribution in [0.4, 0.5) is 4.39 Å². The van der Waals surface area contributed by atoms with Crippen LogP contribution in [0.15, 0.2) is 24.4 Å². The standard InChI is InChI=1S/C10H11FN2.ClH/c11-8-1-2-9-7(3-4-12)6-13-10(9)5-8;/h1-2,5-6,13H,3-4,12H2;1H. The van der Waals surface area contributed by atoms with Gasteiger partial charge in [0.15, 0.2) is 0 Å². The van der Waals surface area contributed by atoms with E-state index in [2.05, 4.69) is 4.98 Å². The van der Waals surface area contributed by atoms with Crippen molar-refractivity contribution in [1.29, 1.82) is 0 Å². The summed E-state index contributed by atoms with van der Waals surface area (Å²) < 4.78 is 12.8. The van der Waals surface area contributed by atoms with Crippen LogP contribution < -0.4 is 5.73 Å². The summed E-state index contributed by atoms with van der Waals surface area (Å²) in [5, 5.41) is 1.06. The van der Waals surface area contributed by atoms with Gasteiger partial charge in [-0.25, -0.2) is 4.39 Å². The van der Waals surface area contributed by atoms with Crippen molar-refractivity contribution >= 4 is 23.3 Å². The Bertz CT molecular complexity index is 425. The van der Waals surface area contributed by atoms with Gasteiger partial charge >= 0.3 is 0 Å². The summed E-state index contributed by atoms with van der Waals surface area (Å²) in [6.07, 6.45) is 2.71. The third kappa shape index (κ3) is 1.89. The number of hydrogen-bond acceptors (Lipinski definition) is 1. The van der Waals surface area contributed by atoms with Crippen molar-refractivity contribution in [2.24, 2.45) is 5.73 Å². The smallest absolute Gasteiger partial charge is 0.125 e. The van der Waals surface area contributed by atoms with E-state index in [1.165, 1.54) is 12.1 Å². The number of aromatic nitrogens is 1. The highest BCUT2D eigenvalue weighted by Gasteiger charge is 2.02. The van der Waals surface area contributed by atoms with E-state index in [1.807, 2.05) is 6.20 Å². The first-order valence-electron chi connectivity index (χ1n) is 4.27. The van der Waals surface area contributed by atoms with Gasteiger partial charge in [-0.1, -0.05) is 0 Å². The van der Waals surface area contributed by atoms with E-state index in [0.29, 0.717) is 6.54 Å². The van der Waals surface area contributed by atoms with Crippen LogP contribution in [0.3, 0.4) is 0 Å². The fraction of sp³-hybridized carbons (Fsp3) is 0.200. The second kappa shape index (κ2) is 4.44. The van der Waals surface area contributed by atoms with Gasteiger partial charge in [0.2, 0.25) is 0 Å². The molecule has 1 heterocycles. The molecule has 2 aromatic rings. The second-order valence-electron chi connectivity index (χ2n) is 3.04. The van der Waals surface area contributed by atoms with Crippen LogP contribution in [0.25, 0.3) is 10.9 Å². The predicted octanol–water partition coefficient (Wildman–Crippen LogP) is 2.23. The van der Waals surface area contributed by atoms with E-state index in [0.717, 1.165) is 22.9 Å². The molecule has 0 radical (unpaired) electrons. The number of nitrogens with two attached hydrogens (primary N) is 1. The first-order chi connectivity index (χ1) is 6.31. The molecule has 0 bridgehead atoms. The van der Waals surface area contributed by atoms with Gasteiger partial charge in [0, 0.05) is 17.1 Å². The zero-order valence-corrected chi connectivity index (χ0v) is 8.40.